The van der Waals surface area contributed by atoms with Gasteiger partial charge in [0, 0.05) is 23.8 Å². The molecule has 1 aliphatic carbocycles. The van der Waals surface area contributed by atoms with Crippen molar-refractivity contribution in [3.63, 3.8) is 0 Å². The maximum atomic E-state index is 12.8. The van der Waals surface area contributed by atoms with E-state index in [1.807, 2.05) is 18.2 Å². The predicted molar refractivity (Wildman–Crippen MR) is 95.5 cm³/mol. The number of hydrogen-bond acceptors (Lipinski definition) is 8. The van der Waals surface area contributed by atoms with Crippen LogP contribution in [-0.2, 0) is 4.79 Å². The van der Waals surface area contributed by atoms with Gasteiger partial charge in [0.05, 0.1) is 30.2 Å². The number of hydrogen-bond donors (Lipinski definition) is 2. The van der Waals surface area contributed by atoms with Crippen LogP contribution in [0.15, 0.2) is 18.2 Å². The van der Waals surface area contributed by atoms with E-state index in [9.17, 15) is 35.8 Å². The number of fused-ring (bicyclic) bond motifs is 2. The van der Waals surface area contributed by atoms with Crippen LogP contribution < -0.4 is 10.1 Å². The zero-order chi connectivity index (χ0) is 21.8. The summed E-state index contributed by atoms with van der Waals surface area (Å²) in [5, 5.41) is 55.1. The van der Waals surface area contributed by atoms with Gasteiger partial charge >= 0.3 is 5.69 Å². The van der Waals surface area contributed by atoms with E-state index < -0.39 is 50.8 Å². The topological polar surface area (TPSA) is 173 Å². The maximum Gasteiger partial charge on any atom is 0.311 e. The molecule has 0 spiro atoms. The Morgan fingerprint density at radius 3 is 2.34 bits per heavy atom. The van der Waals surface area contributed by atoms with E-state index in [0.29, 0.717) is 0 Å². The summed E-state index contributed by atoms with van der Waals surface area (Å²) < 4.78 is 4.99. The number of carbonyl (C=O) groups excluding carboxylic acids is 1. The van der Waals surface area contributed by atoms with Crippen LogP contribution in [0.2, 0.25) is 0 Å². The second-order valence-corrected chi connectivity index (χ2v) is 7.41. The third-order valence-electron chi connectivity index (χ3n) is 6.55. The Balaban J connectivity index is 2.38. The second-order valence-electron chi connectivity index (χ2n) is 7.41. The summed E-state index contributed by atoms with van der Waals surface area (Å²) >= 11 is 0. The number of benzene rings is 1. The molecule has 3 rings (SSSR count). The quantitative estimate of drug-likeness (QED) is 0.569. The molecule has 1 aliphatic heterocycles. The summed E-state index contributed by atoms with van der Waals surface area (Å²) in [4.78, 5) is 23.6. The number of nitrogens with zero attached hydrogens (tertiary/aromatic N) is 4. The Morgan fingerprint density at radius 1 is 1.24 bits per heavy atom. The second kappa shape index (κ2) is 6.16. The fraction of sp³-hybridized carbons (Fsp3) is 0.474. The number of nitrogens with one attached hydrogen (secondary N) is 1. The highest BCUT2D eigenvalue weighted by Crippen LogP contribution is 2.67. The summed E-state index contributed by atoms with van der Waals surface area (Å²) in [6, 6.07) is 9.46. The summed E-state index contributed by atoms with van der Waals surface area (Å²) in [6.45, 7) is 2.97. The average Bonchev–Trinajstić information content (AvgIpc) is 2.88. The molecule has 0 aromatic heterocycles. The third kappa shape index (κ3) is 2.08. The largest absolute Gasteiger partial charge is 0.490 e. The molecule has 148 valence electrons. The van der Waals surface area contributed by atoms with Gasteiger partial charge in [0.25, 0.3) is 0 Å². The first-order valence-electron chi connectivity index (χ1n) is 8.72. The van der Waals surface area contributed by atoms with E-state index in [1.54, 1.807) is 0 Å². The predicted octanol–water partition coefficient (Wildman–Crippen LogP) is 1.33. The Kier molecular flexibility index (Phi) is 4.26. The zero-order valence-electron chi connectivity index (χ0n) is 15.8. The van der Waals surface area contributed by atoms with Crippen molar-refractivity contribution < 1.29 is 19.6 Å². The molecule has 29 heavy (non-hydrogen) atoms. The normalized spacial score (nSPS) is 34.2. The van der Waals surface area contributed by atoms with Crippen molar-refractivity contribution in [2.45, 2.75) is 25.5 Å². The third-order valence-corrected chi connectivity index (χ3v) is 6.55. The van der Waals surface area contributed by atoms with Crippen molar-refractivity contribution in [2.24, 2.45) is 22.7 Å². The molecule has 1 saturated heterocycles. The minimum Gasteiger partial charge on any atom is -0.490 e. The molecule has 1 heterocycles. The minimum atomic E-state index is -2.18. The van der Waals surface area contributed by atoms with Gasteiger partial charge in [0.1, 0.15) is 5.72 Å². The molecule has 1 amide bonds. The number of nitro groups is 1. The molecule has 10 heteroatoms. The molecule has 1 aromatic rings. The molecule has 2 aliphatic rings. The Hall–Kier alpha value is -3.68. The molecule has 1 saturated carbocycles. The molecule has 2 N–H and O–H groups in total. The Morgan fingerprint density at radius 2 is 1.86 bits per heavy atom. The molecule has 0 radical (unpaired) electrons. The van der Waals surface area contributed by atoms with Gasteiger partial charge in [0.2, 0.25) is 5.91 Å². The van der Waals surface area contributed by atoms with Crippen molar-refractivity contribution in [2.75, 3.05) is 7.11 Å². The number of methoxy groups -OCH3 is 1. The van der Waals surface area contributed by atoms with Crippen LogP contribution in [0, 0.1) is 66.8 Å². The number of nitriles is 3. The Labute approximate surface area is 166 Å². The van der Waals surface area contributed by atoms with Crippen molar-refractivity contribution in [3.05, 3.63) is 33.9 Å². The van der Waals surface area contributed by atoms with Crippen molar-refractivity contribution in [1.82, 2.24) is 5.32 Å². The molecular weight excluding hydrogens is 378 g/mol. The highest BCUT2D eigenvalue weighted by atomic mass is 16.6. The highest BCUT2D eigenvalue weighted by molar-refractivity contribution is 5.92. The maximum absolute atomic E-state index is 12.8. The first-order chi connectivity index (χ1) is 13.6. The zero-order valence-corrected chi connectivity index (χ0v) is 15.8. The van der Waals surface area contributed by atoms with Crippen LogP contribution in [0.5, 0.6) is 5.75 Å². The van der Waals surface area contributed by atoms with Crippen molar-refractivity contribution >= 4 is 11.6 Å². The van der Waals surface area contributed by atoms with E-state index in [-0.39, 0.29) is 11.3 Å². The van der Waals surface area contributed by atoms with E-state index in [1.165, 1.54) is 33.1 Å². The number of ether oxygens (including phenoxy) is 1. The van der Waals surface area contributed by atoms with Crippen LogP contribution >= 0.6 is 0 Å². The van der Waals surface area contributed by atoms with E-state index >= 15 is 0 Å². The smallest absolute Gasteiger partial charge is 0.311 e. The van der Waals surface area contributed by atoms with Gasteiger partial charge in [-0.15, -0.1) is 0 Å². The summed E-state index contributed by atoms with van der Waals surface area (Å²) in [7, 11) is 1.26. The molecule has 2 bridgehead atoms. The van der Waals surface area contributed by atoms with Gasteiger partial charge < -0.3 is 15.2 Å². The Bertz CT molecular complexity index is 1040. The number of amides is 1. The van der Waals surface area contributed by atoms with E-state index in [0.717, 1.165) is 6.07 Å². The molecule has 5 unspecified atom stereocenters. The first kappa shape index (κ1) is 20.1. The molecule has 10 nitrogen and oxygen atoms in total. The van der Waals surface area contributed by atoms with Gasteiger partial charge in [-0.25, -0.2) is 0 Å². The number of rotatable bonds is 3. The monoisotopic (exact) mass is 395 g/mol. The fourth-order valence-corrected chi connectivity index (χ4v) is 4.98. The number of nitro benzene ring substituents is 1. The average molecular weight is 395 g/mol. The number of carbonyl (C=O) groups is 1. The van der Waals surface area contributed by atoms with Gasteiger partial charge in [-0.1, -0.05) is 19.9 Å². The fourth-order valence-electron chi connectivity index (χ4n) is 4.98. The van der Waals surface area contributed by atoms with E-state index in [4.69, 9.17) is 4.74 Å². The highest BCUT2D eigenvalue weighted by Gasteiger charge is 2.79. The van der Waals surface area contributed by atoms with Crippen LogP contribution in [-0.4, -0.2) is 28.8 Å². The molecule has 1 aromatic carbocycles. The van der Waals surface area contributed by atoms with E-state index in [2.05, 4.69) is 5.32 Å². The van der Waals surface area contributed by atoms with Gasteiger partial charge in [-0.2, -0.15) is 15.8 Å². The van der Waals surface area contributed by atoms with Crippen LogP contribution in [0.4, 0.5) is 5.69 Å². The summed E-state index contributed by atoms with van der Waals surface area (Å²) in [6.07, 6.45) is 0. The lowest BCUT2D eigenvalue weighted by atomic mass is 9.45. The van der Waals surface area contributed by atoms with Crippen LogP contribution in [0.25, 0.3) is 0 Å². The van der Waals surface area contributed by atoms with Crippen LogP contribution in [0.3, 0.4) is 0 Å². The molecular formula is C19H17N5O5. The SMILES string of the molecule is COc1ccc(C2C(C)C3(O)NC(=O)C(C#N)(C3C)C2(C#N)C#N)cc1[N+](=O)[O-]. The molecule has 5 atom stereocenters. The van der Waals surface area contributed by atoms with Crippen LogP contribution in [0.1, 0.15) is 25.3 Å². The van der Waals surface area contributed by atoms with Crippen molar-refractivity contribution in [1.29, 1.82) is 15.8 Å². The lowest BCUT2D eigenvalue weighted by molar-refractivity contribution is -0.385. The van der Waals surface area contributed by atoms with Gasteiger partial charge in [-0.3, -0.25) is 14.9 Å². The first-order valence-corrected chi connectivity index (χ1v) is 8.72. The van der Waals surface area contributed by atoms with Gasteiger partial charge in [0.15, 0.2) is 16.6 Å². The standard InChI is InChI=1S/C19H17N5O5/c1-10-15(12-4-5-14(29-3)13(6-12)24(27)28)17(7-20,8-21)18(9-22)11(2)19(10,26)23-16(18)25/h4-6,10-11,15,26H,1-3H3,(H,23,25). The van der Waals surface area contributed by atoms with Crippen molar-refractivity contribution in [3.8, 4) is 24.0 Å². The number of aliphatic hydroxyl groups is 1. The summed E-state index contributed by atoms with van der Waals surface area (Å²) in [5.41, 5.74) is -6.43. The lowest BCUT2D eigenvalue weighted by Crippen LogP contribution is -2.62. The minimum absolute atomic E-state index is 0.0269. The molecule has 2 fully saturated rings. The van der Waals surface area contributed by atoms with Gasteiger partial charge in [-0.05, 0) is 11.6 Å². The lowest BCUT2D eigenvalue weighted by Gasteiger charge is -2.51. The summed E-state index contributed by atoms with van der Waals surface area (Å²) in [5.74, 6) is -4.07.